The lowest BCUT2D eigenvalue weighted by molar-refractivity contribution is -0.132. The van der Waals surface area contributed by atoms with Gasteiger partial charge in [0.25, 0.3) is 0 Å². The molecule has 0 bridgehead atoms. The lowest BCUT2D eigenvalue weighted by Gasteiger charge is -2.25. The number of amides is 1. The van der Waals surface area contributed by atoms with E-state index in [1.165, 1.54) is 0 Å². The summed E-state index contributed by atoms with van der Waals surface area (Å²) in [6.45, 7) is 1.76. The van der Waals surface area contributed by atoms with Crippen molar-refractivity contribution in [2.24, 2.45) is 0 Å². The summed E-state index contributed by atoms with van der Waals surface area (Å²) < 4.78 is 0. The van der Waals surface area contributed by atoms with Gasteiger partial charge in [-0.2, -0.15) is 0 Å². The van der Waals surface area contributed by atoms with Crippen LogP contribution in [0.1, 0.15) is 37.3 Å². The highest BCUT2D eigenvalue weighted by Crippen LogP contribution is 2.33. The number of rotatable bonds is 5. The molecular weight excluding hydrogens is 260 g/mol. The van der Waals surface area contributed by atoms with Gasteiger partial charge in [-0.25, -0.2) is 0 Å². The number of carbonyl (C=O) groups excluding carboxylic acids is 1. The van der Waals surface area contributed by atoms with E-state index in [9.17, 15) is 4.79 Å². The molecule has 0 aromatic heterocycles. The number of nitrogens with zero attached hydrogens (tertiary/aromatic N) is 1. The maximum atomic E-state index is 12.3. The van der Waals surface area contributed by atoms with E-state index in [0.29, 0.717) is 6.42 Å². The summed E-state index contributed by atoms with van der Waals surface area (Å²) in [6, 6.07) is 8.08. The first kappa shape index (κ1) is 14.4. The number of nitrogens with one attached hydrogen (secondary N) is 1. The fourth-order valence-electron chi connectivity index (χ4n) is 2.69. The Kier molecular flexibility index (Phi) is 5.23. The van der Waals surface area contributed by atoms with Crippen molar-refractivity contribution in [1.29, 1.82) is 0 Å². The summed E-state index contributed by atoms with van der Waals surface area (Å²) in [6.07, 6.45) is 3.64. The largest absolute Gasteiger partial charge is 0.336 e. The molecule has 1 amide bonds. The van der Waals surface area contributed by atoms with Gasteiger partial charge in [-0.1, -0.05) is 23.7 Å². The lowest BCUT2D eigenvalue weighted by atomic mass is 10.0. The third kappa shape index (κ3) is 3.71. The van der Waals surface area contributed by atoms with E-state index in [1.54, 1.807) is 0 Å². The number of benzene rings is 1. The molecular formula is C15H21ClN2O. The SMILES string of the molecule is CNCCCC(=O)N1CCCC1c1cccc(Cl)c1. The van der Waals surface area contributed by atoms with Gasteiger partial charge in [0.05, 0.1) is 6.04 Å². The van der Waals surface area contributed by atoms with E-state index in [2.05, 4.69) is 11.4 Å². The quantitative estimate of drug-likeness (QED) is 0.841. The van der Waals surface area contributed by atoms with E-state index in [0.717, 1.165) is 42.9 Å². The maximum Gasteiger partial charge on any atom is 0.223 e. The summed E-state index contributed by atoms with van der Waals surface area (Å²) in [5, 5.41) is 3.82. The normalized spacial score (nSPS) is 18.8. The van der Waals surface area contributed by atoms with Crippen molar-refractivity contribution < 1.29 is 4.79 Å². The predicted octanol–water partition coefficient (Wildman–Crippen LogP) is 3.00. The second kappa shape index (κ2) is 6.92. The molecule has 2 rings (SSSR count). The first-order valence-electron chi connectivity index (χ1n) is 6.92. The van der Waals surface area contributed by atoms with Gasteiger partial charge in [-0.05, 0) is 50.6 Å². The zero-order valence-corrected chi connectivity index (χ0v) is 12.1. The van der Waals surface area contributed by atoms with Crippen LogP contribution in [-0.2, 0) is 4.79 Å². The highest BCUT2D eigenvalue weighted by Gasteiger charge is 2.29. The summed E-state index contributed by atoms with van der Waals surface area (Å²) >= 11 is 6.04. The van der Waals surface area contributed by atoms with Crippen molar-refractivity contribution in [3.8, 4) is 0 Å². The van der Waals surface area contributed by atoms with Crippen molar-refractivity contribution >= 4 is 17.5 Å². The first-order chi connectivity index (χ1) is 9.22. The van der Waals surface area contributed by atoms with E-state index in [-0.39, 0.29) is 11.9 Å². The molecule has 1 aliphatic rings. The van der Waals surface area contributed by atoms with Crippen molar-refractivity contribution in [1.82, 2.24) is 10.2 Å². The third-order valence-corrected chi connectivity index (χ3v) is 3.86. The summed E-state index contributed by atoms with van der Waals surface area (Å²) in [5.41, 5.74) is 1.16. The van der Waals surface area contributed by atoms with Crippen LogP contribution in [0, 0.1) is 0 Å². The molecule has 0 saturated carbocycles. The van der Waals surface area contributed by atoms with Crippen LogP contribution >= 0.6 is 11.6 Å². The number of carbonyl (C=O) groups is 1. The lowest BCUT2D eigenvalue weighted by Crippen LogP contribution is -2.30. The molecule has 4 heteroatoms. The van der Waals surface area contributed by atoms with Crippen molar-refractivity contribution in [3.05, 3.63) is 34.9 Å². The molecule has 1 aromatic rings. The average Bonchev–Trinajstić information content (AvgIpc) is 2.88. The number of likely N-dealkylation sites (tertiary alicyclic amines) is 1. The third-order valence-electron chi connectivity index (χ3n) is 3.62. The highest BCUT2D eigenvalue weighted by molar-refractivity contribution is 6.30. The monoisotopic (exact) mass is 280 g/mol. The van der Waals surface area contributed by atoms with Gasteiger partial charge >= 0.3 is 0 Å². The molecule has 1 fully saturated rings. The number of halogens is 1. The van der Waals surface area contributed by atoms with Gasteiger partial charge in [0.1, 0.15) is 0 Å². The van der Waals surface area contributed by atoms with Crippen molar-refractivity contribution in [3.63, 3.8) is 0 Å². The molecule has 0 radical (unpaired) electrons. The van der Waals surface area contributed by atoms with Crippen LogP contribution in [0.25, 0.3) is 0 Å². The highest BCUT2D eigenvalue weighted by atomic mass is 35.5. The Hall–Kier alpha value is -1.06. The summed E-state index contributed by atoms with van der Waals surface area (Å²) in [4.78, 5) is 14.3. The minimum Gasteiger partial charge on any atom is -0.336 e. The second-order valence-corrected chi connectivity index (χ2v) is 5.44. The van der Waals surface area contributed by atoms with Crippen molar-refractivity contribution in [2.45, 2.75) is 31.7 Å². The summed E-state index contributed by atoms with van der Waals surface area (Å²) in [5.74, 6) is 0.262. The van der Waals surface area contributed by atoms with Crippen molar-refractivity contribution in [2.75, 3.05) is 20.1 Å². The molecule has 1 aromatic carbocycles. The molecule has 0 spiro atoms. The number of hydrogen-bond acceptors (Lipinski definition) is 2. The van der Waals surface area contributed by atoms with Gasteiger partial charge in [0.15, 0.2) is 0 Å². The van der Waals surface area contributed by atoms with Gasteiger partial charge in [0.2, 0.25) is 5.91 Å². The Bertz CT molecular complexity index is 436. The molecule has 104 valence electrons. The van der Waals surface area contributed by atoms with Crippen LogP contribution in [0.15, 0.2) is 24.3 Å². The molecule has 0 aliphatic carbocycles. The fourth-order valence-corrected chi connectivity index (χ4v) is 2.88. The van der Waals surface area contributed by atoms with Crippen LogP contribution in [0.5, 0.6) is 0 Å². The molecule has 1 aliphatic heterocycles. The van der Waals surface area contributed by atoms with Crippen LogP contribution in [0.4, 0.5) is 0 Å². The van der Waals surface area contributed by atoms with Crippen LogP contribution < -0.4 is 5.32 Å². The van der Waals surface area contributed by atoms with E-state index < -0.39 is 0 Å². The standard InChI is InChI=1S/C15H21ClN2O/c1-17-9-3-8-15(19)18-10-4-7-14(18)12-5-2-6-13(16)11-12/h2,5-6,11,14,17H,3-4,7-10H2,1H3. The molecule has 19 heavy (non-hydrogen) atoms. The minimum atomic E-state index is 0.209. The number of hydrogen-bond donors (Lipinski definition) is 1. The first-order valence-corrected chi connectivity index (χ1v) is 7.29. The van der Waals surface area contributed by atoms with Crippen LogP contribution in [0.2, 0.25) is 5.02 Å². The van der Waals surface area contributed by atoms with Gasteiger partial charge in [-0.3, -0.25) is 4.79 Å². The molecule has 1 heterocycles. The maximum absolute atomic E-state index is 12.3. The van der Waals surface area contributed by atoms with Gasteiger partial charge in [-0.15, -0.1) is 0 Å². The fraction of sp³-hybridized carbons (Fsp3) is 0.533. The zero-order chi connectivity index (χ0) is 13.7. The Morgan fingerprint density at radius 1 is 1.53 bits per heavy atom. The van der Waals surface area contributed by atoms with Gasteiger partial charge < -0.3 is 10.2 Å². The van der Waals surface area contributed by atoms with Crippen LogP contribution in [0.3, 0.4) is 0 Å². The molecule has 1 N–H and O–H groups in total. The Morgan fingerprint density at radius 3 is 3.11 bits per heavy atom. The average molecular weight is 281 g/mol. The van der Waals surface area contributed by atoms with E-state index >= 15 is 0 Å². The zero-order valence-electron chi connectivity index (χ0n) is 11.4. The Labute approximate surface area is 119 Å². The topological polar surface area (TPSA) is 32.3 Å². The minimum absolute atomic E-state index is 0.209. The molecule has 3 nitrogen and oxygen atoms in total. The van der Waals surface area contributed by atoms with Gasteiger partial charge in [0, 0.05) is 18.0 Å². The van der Waals surface area contributed by atoms with E-state index in [1.807, 2.05) is 30.1 Å². The summed E-state index contributed by atoms with van der Waals surface area (Å²) in [7, 11) is 1.91. The van der Waals surface area contributed by atoms with E-state index in [4.69, 9.17) is 11.6 Å². The molecule has 1 unspecified atom stereocenters. The smallest absolute Gasteiger partial charge is 0.223 e. The van der Waals surface area contributed by atoms with Crippen LogP contribution in [-0.4, -0.2) is 30.9 Å². The molecule has 1 saturated heterocycles. The Balaban J connectivity index is 2.02. The Morgan fingerprint density at radius 2 is 2.37 bits per heavy atom. The second-order valence-electron chi connectivity index (χ2n) is 5.01. The predicted molar refractivity (Wildman–Crippen MR) is 78.3 cm³/mol. The molecule has 1 atom stereocenters.